The van der Waals surface area contributed by atoms with Crippen molar-refractivity contribution in [2.24, 2.45) is 0 Å². The molecule has 31 heavy (non-hydrogen) atoms. The minimum absolute atomic E-state index is 0. The van der Waals surface area contributed by atoms with Crippen molar-refractivity contribution in [3.8, 4) is 5.75 Å². The summed E-state index contributed by atoms with van der Waals surface area (Å²) in [4.78, 5) is 26.9. The van der Waals surface area contributed by atoms with Gasteiger partial charge < -0.3 is 9.64 Å². The Balaban J connectivity index is 0.00000272. The van der Waals surface area contributed by atoms with E-state index in [0.717, 1.165) is 21.4 Å². The number of thiazole rings is 1. The molecule has 164 valence electrons. The van der Waals surface area contributed by atoms with Gasteiger partial charge in [0.25, 0.3) is 5.91 Å². The van der Waals surface area contributed by atoms with E-state index in [0.29, 0.717) is 35.4 Å². The highest BCUT2D eigenvalue weighted by Gasteiger charge is 2.27. The van der Waals surface area contributed by atoms with Crippen molar-refractivity contribution in [1.29, 1.82) is 0 Å². The van der Waals surface area contributed by atoms with Gasteiger partial charge in [0.05, 0.1) is 17.5 Å². The van der Waals surface area contributed by atoms with E-state index >= 15 is 0 Å². The monoisotopic (exact) mass is 459 g/mol. The SMILES string of the molecule is COc1ccc(C)c2sc(N(CCN(C)C)C(=O)c3c(C)nc4ccccn34)nc12.Cl. The van der Waals surface area contributed by atoms with Gasteiger partial charge in [-0.15, -0.1) is 12.4 Å². The topological polar surface area (TPSA) is 63.0 Å². The highest BCUT2D eigenvalue weighted by atomic mass is 35.5. The number of imidazole rings is 1. The second kappa shape index (κ2) is 9.21. The van der Waals surface area contributed by atoms with Crippen LogP contribution in [0.4, 0.5) is 5.13 Å². The second-order valence-corrected chi connectivity index (χ2v) is 8.47. The van der Waals surface area contributed by atoms with Crippen molar-refractivity contribution in [2.45, 2.75) is 13.8 Å². The molecule has 7 nitrogen and oxygen atoms in total. The minimum Gasteiger partial charge on any atom is -0.494 e. The number of methoxy groups -OCH3 is 1. The first-order valence-electron chi connectivity index (χ1n) is 9.75. The molecule has 0 bridgehead atoms. The highest BCUT2D eigenvalue weighted by molar-refractivity contribution is 7.22. The molecular weight excluding hydrogens is 434 g/mol. The zero-order valence-electron chi connectivity index (χ0n) is 18.2. The lowest BCUT2D eigenvalue weighted by molar-refractivity contribution is 0.0979. The predicted octanol–water partition coefficient (Wildman–Crippen LogP) is 4.20. The summed E-state index contributed by atoms with van der Waals surface area (Å²) in [6.07, 6.45) is 1.87. The molecule has 3 heterocycles. The molecule has 0 spiro atoms. The number of rotatable bonds is 6. The van der Waals surface area contributed by atoms with E-state index in [2.05, 4.69) is 9.88 Å². The fourth-order valence-corrected chi connectivity index (χ4v) is 4.54. The Bertz CT molecular complexity index is 1230. The van der Waals surface area contributed by atoms with Gasteiger partial charge in [0, 0.05) is 19.3 Å². The standard InChI is InChI=1S/C22H25N5O2S.ClH/c1-14-9-10-16(29-5)18-20(14)30-22(24-18)27(13-12-25(3)4)21(28)19-15(2)23-17-8-6-7-11-26(17)19;/h6-11H,12-13H2,1-5H3;1H. The van der Waals surface area contributed by atoms with Crippen molar-refractivity contribution in [1.82, 2.24) is 19.3 Å². The lowest BCUT2D eigenvalue weighted by atomic mass is 10.2. The number of benzene rings is 1. The third-order valence-corrected chi connectivity index (χ3v) is 6.28. The molecule has 0 radical (unpaired) electrons. The molecule has 4 aromatic rings. The Morgan fingerprint density at radius 2 is 1.90 bits per heavy atom. The molecule has 0 N–H and O–H groups in total. The smallest absolute Gasteiger partial charge is 0.279 e. The molecule has 0 atom stereocenters. The normalized spacial score (nSPS) is 11.2. The summed E-state index contributed by atoms with van der Waals surface area (Å²) in [5.41, 5.74) is 3.92. The van der Waals surface area contributed by atoms with Crippen molar-refractivity contribution < 1.29 is 9.53 Å². The van der Waals surface area contributed by atoms with Crippen LogP contribution in [0.2, 0.25) is 0 Å². The third kappa shape index (κ3) is 4.23. The predicted molar refractivity (Wildman–Crippen MR) is 128 cm³/mol. The molecule has 0 aliphatic rings. The first-order chi connectivity index (χ1) is 14.4. The quantitative estimate of drug-likeness (QED) is 0.432. The molecule has 0 unspecified atom stereocenters. The number of aryl methyl sites for hydroxylation is 2. The lowest BCUT2D eigenvalue weighted by Gasteiger charge is -2.22. The van der Waals surface area contributed by atoms with Crippen LogP contribution in [-0.4, -0.2) is 59.5 Å². The van der Waals surface area contributed by atoms with Crippen LogP contribution >= 0.6 is 23.7 Å². The van der Waals surface area contributed by atoms with Crippen molar-refractivity contribution in [3.05, 3.63) is 53.5 Å². The summed E-state index contributed by atoms with van der Waals surface area (Å²) in [6, 6.07) is 9.66. The zero-order valence-corrected chi connectivity index (χ0v) is 19.9. The van der Waals surface area contributed by atoms with Gasteiger partial charge in [0.1, 0.15) is 22.6 Å². The fraction of sp³-hybridized carbons (Fsp3) is 0.318. The maximum atomic E-state index is 13.8. The number of pyridine rings is 1. The van der Waals surface area contributed by atoms with Crippen LogP contribution in [0.15, 0.2) is 36.5 Å². The van der Waals surface area contributed by atoms with E-state index < -0.39 is 0 Å². The summed E-state index contributed by atoms with van der Waals surface area (Å²) in [5, 5.41) is 0.662. The number of aromatic nitrogens is 3. The number of halogens is 1. The first kappa shape index (κ1) is 23.0. The Labute approximate surface area is 191 Å². The minimum atomic E-state index is -0.108. The summed E-state index contributed by atoms with van der Waals surface area (Å²) < 4.78 is 8.38. The molecule has 3 aromatic heterocycles. The number of carbonyl (C=O) groups is 1. The van der Waals surface area contributed by atoms with E-state index in [1.54, 1.807) is 12.0 Å². The summed E-state index contributed by atoms with van der Waals surface area (Å²) in [7, 11) is 5.63. The number of anilines is 1. The highest BCUT2D eigenvalue weighted by Crippen LogP contribution is 2.37. The van der Waals surface area contributed by atoms with Gasteiger partial charge >= 0.3 is 0 Å². The van der Waals surface area contributed by atoms with Gasteiger partial charge in [-0.1, -0.05) is 23.5 Å². The Kier molecular flexibility index (Phi) is 6.83. The third-order valence-electron chi connectivity index (χ3n) is 5.07. The van der Waals surface area contributed by atoms with E-state index in [9.17, 15) is 4.79 Å². The van der Waals surface area contributed by atoms with Crippen LogP contribution in [0.5, 0.6) is 5.75 Å². The van der Waals surface area contributed by atoms with E-state index in [1.807, 2.05) is 68.9 Å². The van der Waals surface area contributed by atoms with Gasteiger partial charge in [-0.3, -0.25) is 14.1 Å². The number of amides is 1. The van der Waals surface area contributed by atoms with Crippen molar-refractivity contribution in [2.75, 3.05) is 39.2 Å². The molecule has 0 saturated carbocycles. The van der Waals surface area contributed by atoms with Gasteiger partial charge in [-0.2, -0.15) is 0 Å². The summed E-state index contributed by atoms with van der Waals surface area (Å²) in [5.74, 6) is 0.604. The Hall–Kier alpha value is -2.68. The average molecular weight is 460 g/mol. The molecule has 1 amide bonds. The molecule has 0 aliphatic carbocycles. The number of fused-ring (bicyclic) bond motifs is 2. The van der Waals surface area contributed by atoms with Gasteiger partial charge in [0.15, 0.2) is 5.13 Å². The molecular formula is C22H26ClN5O2S. The summed E-state index contributed by atoms with van der Waals surface area (Å²) >= 11 is 1.52. The van der Waals surface area contributed by atoms with E-state index in [-0.39, 0.29) is 18.3 Å². The number of ether oxygens (including phenoxy) is 1. The number of carbonyl (C=O) groups excluding carboxylic acids is 1. The van der Waals surface area contributed by atoms with E-state index in [4.69, 9.17) is 9.72 Å². The molecule has 0 saturated heterocycles. The van der Waals surface area contributed by atoms with Crippen LogP contribution in [0.1, 0.15) is 21.7 Å². The lowest BCUT2D eigenvalue weighted by Crippen LogP contribution is -2.37. The van der Waals surface area contributed by atoms with Crippen molar-refractivity contribution >= 4 is 50.6 Å². The number of likely N-dealkylation sites (N-methyl/N-ethyl adjacent to an activating group) is 1. The number of hydrogen-bond acceptors (Lipinski definition) is 6. The first-order valence-corrected chi connectivity index (χ1v) is 10.6. The average Bonchev–Trinajstić information content (AvgIpc) is 3.29. The largest absolute Gasteiger partial charge is 0.494 e. The molecule has 0 fully saturated rings. The number of hydrogen-bond donors (Lipinski definition) is 0. The maximum absolute atomic E-state index is 13.8. The van der Waals surface area contributed by atoms with Crippen LogP contribution in [0.25, 0.3) is 15.9 Å². The maximum Gasteiger partial charge on any atom is 0.279 e. The van der Waals surface area contributed by atoms with Gasteiger partial charge in [-0.05, 0) is 51.7 Å². The van der Waals surface area contributed by atoms with Crippen LogP contribution < -0.4 is 9.64 Å². The summed E-state index contributed by atoms with van der Waals surface area (Å²) in [6.45, 7) is 5.15. The molecule has 9 heteroatoms. The van der Waals surface area contributed by atoms with Crippen molar-refractivity contribution in [3.63, 3.8) is 0 Å². The van der Waals surface area contributed by atoms with Crippen LogP contribution in [0.3, 0.4) is 0 Å². The van der Waals surface area contributed by atoms with E-state index in [1.165, 1.54) is 11.3 Å². The zero-order chi connectivity index (χ0) is 21.4. The van der Waals surface area contributed by atoms with Gasteiger partial charge in [0.2, 0.25) is 0 Å². The molecule has 4 rings (SSSR count). The Morgan fingerprint density at radius 1 is 1.13 bits per heavy atom. The fourth-order valence-electron chi connectivity index (χ4n) is 3.46. The molecule has 1 aromatic carbocycles. The molecule has 0 aliphatic heterocycles. The Morgan fingerprint density at radius 3 is 2.61 bits per heavy atom. The second-order valence-electron chi connectivity index (χ2n) is 7.49. The van der Waals surface area contributed by atoms with Crippen LogP contribution in [0, 0.1) is 13.8 Å². The van der Waals surface area contributed by atoms with Crippen LogP contribution in [-0.2, 0) is 0 Å². The number of nitrogens with zero attached hydrogens (tertiary/aromatic N) is 5. The van der Waals surface area contributed by atoms with Gasteiger partial charge in [-0.25, -0.2) is 9.97 Å².